The Morgan fingerprint density at radius 3 is 2.54 bits per heavy atom. The number of sulfonamides is 2. The molecule has 224 valence electrons. The lowest BCUT2D eigenvalue weighted by Crippen LogP contribution is -2.50. The maximum absolute atomic E-state index is 13.7. The second kappa shape index (κ2) is 11.4. The van der Waals surface area contributed by atoms with Gasteiger partial charge >= 0.3 is 0 Å². The van der Waals surface area contributed by atoms with Crippen LogP contribution in [0.15, 0.2) is 45.2 Å². The predicted molar refractivity (Wildman–Crippen MR) is 147 cm³/mol. The summed E-state index contributed by atoms with van der Waals surface area (Å²) in [6, 6.07) is 3.68. The number of aryl methyl sites for hydroxylation is 3. The summed E-state index contributed by atoms with van der Waals surface area (Å²) in [5, 5.41) is 13.4. The van der Waals surface area contributed by atoms with Gasteiger partial charge in [0.2, 0.25) is 10.0 Å². The van der Waals surface area contributed by atoms with Gasteiger partial charge in [0.15, 0.2) is 10.8 Å². The molecule has 0 saturated heterocycles. The summed E-state index contributed by atoms with van der Waals surface area (Å²) < 4.78 is 68.8. The first-order chi connectivity index (χ1) is 19.1. The third-order valence-electron chi connectivity index (χ3n) is 6.95. The number of aromatic nitrogens is 3. The van der Waals surface area contributed by atoms with Gasteiger partial charge in [0.1, 0.15) is 22.4 Å². The van der Waals surface area contributed by atoms with Gasteiger partial charge in [-0.15, -0.1) is 0 Å². The molecule has 4 rings (SSSR count). The molecule has 0 saturated carbocycles. The summed E-state index contributed by atoms with van der Waals surface area (Å²) >= 11 is 0. The van der Waals surface area contributed by atoms with E-state index >= 15 is 0 Å². The molecule has 0 unspecified atom stereocenters. The molecule has 1 aromatic carbocycles. The van der Waals surface area contributed by atoms with Crippen molar-refractivity contribution in [2.24, 2.45) is 13.0 Å². The third-order valence-corrected chi connectivity index (χ3v) is 10.3. The number of carbonyl (C=O) groups excluding carboxylic acids is 1. The quantitative estimate of drug-likeness (QED) is 0.360. The van der Waals surface area contributed by atoms with Crippen LogP contribution in [0.2, 0.25) is 0 Å². The summed E-state index contributed by atoms with van der Waals surface area (Å²) in [6.07, 6.45) is 1.98. The van der Waals surface area contributed by atoms with Crippen molar-refractivity contribution in [2.45, 2.75) is 49.8 Å². The molecule has 14 nitrogen and oxygen atoms in total. The topological polar surface area (TPSA) is 177 Å². The van der Waals surface area contributed by atoms with Crippen LogP contribution in [-0.4, -0.2) is 90.7 Å². The molecule has 0 bridgehead atoms. The highest BCUT2D eigenvalue weighted by molar-refractivity contribution is 7.92. The van der Waals surface area contributed by atoms with Crippen LogP contribution in [0, 0.1) is 19.8 Å². The Morgan fingerprint density at radius 1 is 1.24 bits per heavy atom. The van der Waals surface area contributed by atoms with Gasteiger partial charge in [-0.3, -0.25) is 9.52 Å². The summed E-state index contributed by atoms with van der Waals surface area (Å²) in [5.41, 5.74) is 0.395. The number of nitrogens with zero attached hydrogens (tertiary/aromatic N) is 5. The molecule has 0 radical (unpaired) electrons. The molecule has 0 fully saturated rings. The van der Waals surface area contributed by atoms with Crippen molar-refractivity contribution in [3.05, 3.63) is 47.7 Å². The number of hydrogen-bond acceptors (Lipinski definition) is 10. The number of aliphatic hydroxyl groups is 1. The van der Waals surface area contributed by atoms with E-state index in [0.29, 0.717) is 0 Å². The predicted octanol–water partition coefficient (Wildman–Crippen LogP) is 1.37. The summed E-state index contributed by atoms with van der Waals surface area (Å²) in [5.74, 6) is -0.514. The van der Waals surface area contributed by atoms with E-state index in [1.807, 2.05) is 6.92 Å². The van der Waals surface area contributed by atoms with Crippen LogP contribution < -0.4 is 9.46 Å². The number of rotatable bonds is 9. The summed E-state index contributed by atoms with van der Waals surface area (Å²) in [7, 11) is -4.96. The van der Waals surface area contributed by atoms with E-state index in [2.05, 4.69) is 14.9 Å². The average molecular weight is 611 g/mol. The average Bonchev–Trinajstić information content (AvgIpc) is 3.50. The number of aliphatic hydroxyl groups excluding tert-OH is 1. The number of amides is 1. The van der Waals surface area contributed by atoms with E-state index in [4.69, 9.17) is 9.26 Å². The molecular weight excluding hydrogens is 576 g/mol. The molecule has 2 aromatic heterocycles. The first-order valence-corrected chi connectivity index (χ1v) is 15.7. The highest BCUT2D eigenvalue weighted by atomic mass is 32.2. The molecule has 3 heterocycles. The maximum Gasteiger partial charge on any atom is 0.280 e. The minimum atomic E-state index is -4.04. The normalized spacial score (nSPS) is 18.9. The van der Waals surface area contributed by atoms with E-state index in [-0.39, 0.29) is 64.0 Å². The van der Waals surface area contributed by atoms with Crippen molar-refractivity contribution in [1.29, 1.82) is 0 Å². The van der Waals surface area contributed by atoms with Gasteiger partial charge in [-0.25, -0.2) is 13.4 Å². The Balaban J connectivity index is 1.69. The third kappa shape index (κ3) is 6.10. The molecule has 1 aliphatic heterocycles. The fourth-order valence-corrected chi connectivity index (χ4v) is 7.09. The van der Waals surface area contributed by atoms with Gasteiger partial charge in [0.05, 0.1) is 31.1 Å². The summed E-state index contributed by atoms with van der Waals surface area (Å²) in [6.45, 7) is 6.33. The maximum atomic E-state index is 13.7. The second-order valence-corrected chi connectivity index (χ2v) is 13.9. The zero-order chi connectivity index (χ0) is 30.3. The Bertz CT molecular complexity index is 1630. The monoisotopic (exact) mass is 610 g/mol. The van der Waals surface area contributed by atoms with Crippen molar-refractivity contribution in [3.8, 4) is 5.75 Å². The number of fused-ring (bicyclic) bond motifs is 1. The number of imidazole rings is 1. The van der Waals surface area contributed by atoms with Gasteiger partial charge in [0.25, 0.3) is 15.9 Å². The second-order valence-electron chi connectivity index (χ2n) is 10.3. The highest BCUT2D eigenvalue weighted by Gasteiger charge is 2.37. The van der Waals surface area contributed by atoms with Gasteiger partial charge < -0.3 is 23.8 Å². The molecule has 0 spiro atoms. The molecule has 41 heavy (non-hydrogen) atoms. The molecule has 1 amide bonds. The zero-order valence-corrected chi connectivity index (χ0v) is 25.2. The van der Waals surface area contributed by atoms with E-state index in [1.54, 1.807) is 20.9 Å². The molecule has 1 aliphatic rings. The number of anilines is 1. The van der Waals surface area contributed by atoms with Gasteiger partial charge in [0, 0.05) is 38.4 Å². The van der Waals surface area contributed by atoms with Crippen molar-refractivity contribution in [1.82, 2.24) is 23.9 Å². The fourth-order valence-electron chi connectivity index (χ4n) is 4.59. The smallest absolute Gasteiger partial charge is 0.280 e. The minimum Gasteiger partial charge on any atom is -0.488 e. The molecule has 0 aliphatic carbocycles. The van der Waals surface area contributed by atoms with Gasteiger partial charge in [-0.1, -0.05) is 12.1 Å². The number of hydrogen-bond donors (Lipinski definition) is 2. The SMILES string of the molecule is Cc1noc(C)c1S(=O)(=O)N(C)C[C@@H]1Oc2ccc(NS(=O)(=O)c3cn(C)cn3)cc2C(=O)N([C@@H](C)CO)C[C@@H]1C. The standard InChI is InChI=1S/C25H34N6O8S2/c1-15-10-31(16(2)13-32)25(33)20-9-19(28-40(34,35)23-12-29(5)14-26-23)7-8-21(20)38-22(15)11-30(6)41(36,37)24-17(3)27-39-18(24)4/h7-9,12,14-16,22,28,32H,10-11,13H2,1-6H3/t15-,16-,22-/m0/s1. The highest BCUT2D eigenvalue weighted by Crippen LogP contribution is 2.32. The van der Waals surface area contributed by atoms with Crippen LogP contribution in [0.25, 0.3) is 0 Å². The van der Waals surface area contributed by atoms with Crippen molar-refractivity contribution in [3.63, 3.8) is 0 Å². The summed E-state index contributed by atoms with van der Waals surface area (Å²) in [4.78, 5) is 19.0. The van der Waals surface area contributed by atoms with Gasteiger partial charge in [-0.05, 0) is 39.0 Å². The van der Waals surface area contributed by atoms with Crippen LogP contribution in [0.3, 0.4) is 0 Å². The molecule has 3 aromatic rings. The number of likely N-dealkylation sites (N-methyl/N-ethyl adjacent to an activating group) is 1. The first-order valence-electron chi connectivity index (χ1n) is 12.8. The number of ether oxygens (including phenoxy) is 1. The van der Waals surface area contributed by atoms with Crippen LogP contribution in [-0.2, 0) is 27.1 Å². The zero-order valence-electron chi connectivity index (χ0n) is 23.6. The Labute approximate surface area is 239 Å². The Hall–Kier alpha value is -3.47. The van der Waals surface area contributed by atoms with E-state index in [1.165, 1.54) is 54.2 Å². The van der Waals surface area contributed by atoms with Crippen molar-refractivity contribution in [2.75, 3.05) is 31.5 Å². The number of carbonyl (C=O) groups is 1. The lowest BCUT2D eigenvalue weighted by atomic mass is 9.99. The molecule has 16 heteroatoms. The van der Waals surface area contributed by atoms with E-state index in [0.717, 1.165) is 4.31 Å². The largest absolute Gasteiger partial charge is 0.488 e. The van der Waals surface area contributed by atoms with Gasteiger partial charge in [-0.2, -0.15) is 12.7 Å². The number of nitrogens with one attached hydrogen (secondary N) is 1. The molecular formula is C25H34N6O8S2. The Morgan fingerprint density at radius 2 is 1.95 bits per heavy atom. The first kappa shape index (κ1) is 30.5. The van der Waals surface area contributed by atoms with E-state index < -0.39 is 38.1 Å². The van der Waals surface area contributed by atoms with Crippen LogP contribution in [0.1, 0.15) is 35.7 Å². The molecule has 2 N–H and O–H groups in total. The van der Waals surface area contributed by atoms with Crippen LogP contribution in [0.5, 0.6) is 5.75 Å². The van der Waals surface area contributed by atoms with Crippen molar-refractivity contribution < 1.29 is 36.0 Å². The minimum absolute atomic E-state index is 0.0190. The number of benzene rings is 1. The fraction of sp³-hybridized carbons (Fsp3) is 0.480. The van der Waals surface area contributed by atoms with Crippen LogP contribution in [0.4, 0.5) is 5.69 Å². The van der Waals surface area contributed by atoms with Crippen molar-refractivity contribution >= 4 is 31.6 Å². The molecule has 3 atom stereocenters. The van der Waals surface area contributed by atoms with Crippen LogP contribution >= 0.6 is 0 Å². The lowest BCUT2D eigenvalue weighted by Gasteiger charge is -2.38. The Kier molecular flexibility index (Phi) is 8.50. The van der Waals surface area contributed by atoms with E-state index in [9.17, 15) is 26.7 Å². The lowest BCUT2D eigenvalue weighted by molar-refractivity contribution is 0.0387.